The maximum atomic E-state index is 11.6. The summed E-state index contributed by atoms with van der Waals surface area (Å²) in [6.45, 7) is 8.97. The zero-order valence-electron chi connectivity index (χ0n) is 9.80. The number of allylic oxidation sites excluding steroid dienone is 4. The molecule has 1 aliphatic rings. The Balaban J connectivity index is 3.02. The van der Waals surface area contributed by atoms with Crippen LogP contribution in [0.15, 0.2) is 49.6 Å². The van der Waals surface area contributed by atoms with Crippen molar-refractivity contribution < 1.29 is 14.7 Å². The summed E-state index contributed by atoms with van der Waals surface area (Å²) in [5, 5.41) is 8.86. The van der Waals surface area contributed by atoms with Gasteiger partial charge in [-0.3, -0.25) is 9.59 Å². The van der Waals surface area contributed by atoms with Crippen molar-refractivity contribution in [2.45, 2.75) is 6.92 Å². The first-order chi connectivity index (χ1) is 7.96. The van der Waals surface area contributed by atoms with E-state index in [-0.39, 0.29) is 11.7 Å². The lowest BCUT2D eigenvalue weighted by Gasteiger charge is -2.31. The third-order valence-electron chi connectivity index (χ3n) is 3.20. The number of carbonyl (C=O) groups excluding carboxylic acids is 1. The van der Waals surface area contributed by atoms with E-state index in [1.807, 2.05) is 0 Å². The van der Waals surface area contributed by atoms with Gasteiger partial charge in [0.05, 0.1) is 5.92 Å². The molecule has 0 bridgehead atoms. The summed E-state index contributed by atoms with van der Waals surface area (Å²) < 4.78 is 0. The molecule has 1 rings (SSSR count). The molecule has 0 aromatic heterocycles. The molecule has 0 aromatic rings. The molecule has 0 saturated carbocycles. The minimum atomic E-state index is -0.905. The van der Waals surface area contributed by atoms with Gasteiger partial charge in [-0.05, 0) is 6.08 Å². The highest BCUT2D eigenvalue weighted by Gasteiger charge is 2.34. The van der Waals surface area contributed by atoms with Crippen LogP contribution in [0.3, 0.4) is 0 Å². The van der Waals surface area contributed by atoms with Crippen LogP contribution in [-0.2, 0) is 9.59 Å². The fourth-order valence-electron chi connectivity index (χ4n) is 1.85. The van der Waals surface area contributed by atoms with Crippen LogP contribution in [0.1, 0.15) is 6.92 Å². The van der Waals surface area contributed by atoms with E-state index >= 15 is 0 Å². The van der Waals surface area contributed by atoms with Crippen LogP contribution in [0.5, 0.6) is 0 Å². The van der Waals surface area contributed by atoms with Crippen LogP contribution in [0.4, 0.5) is 0 Å². The van der Waals surface area contributed by atoms with Gasteiger partial charge < -0.3 is 5.11 Å². The summed E-state index contributed by atoms with van der Waals surface area (Å²) in [5.74, 6) is -1.96. The van der Waals surface area contributed by atoms with E-state index in [2.05, 4.69) is 13.2 Å². The SMILES string of the molecule is C=CC(=O)C(C)C1(C=C)C=CC(C(=O)O)C=C1. The predicted molar refractivity (Wildman–Crippen MR) is 66.4 cm³/mol. The summed E-state index contributed by atoms with van der Waals surface area (Å²) in [7, 11) is 0. The molecule has 90 valence electrons. The lowest BCUT2D eigenvalue weighted by atomic mass is 9.71. The molecule has 3 nitrogen and oxygen atoms in total. The van der Waals surface area contributed by atoms with Crippen molar-refractivity contribution in [1.29, 1.82) is 0 Å². The van der Waals surface area contributed by atoms with Gasteiger partial charge in [-0.2, -0.15) is 0 Å². The number of carbonyl (C=O) groups is 2. The molecule has 17 heavy (non-hydrogen) atoms. The molecule has 1 unspecified atom stereocenters. The zero-order valence-corrected chi connectivity index (χ0v) is 9.80. The second-order valence-electron chi connectivity index (χ2n) is 4.11. The number of hydrogen-bond donors (Lipinski definition) is 1. The van der Waals surface area contributed by atoms with Gasteiger partial charge in [0.15, 0.2) is 5.78 Å². The first-order valence-electron chi connectivity index (χ1n) is 5.38. The van der Waals surface area contributed by atoms with E-state index in [0.29, 0.717) is 0 Å². The van der Waals surface area contributed by atoms with Crippen LogP contribution in [0.2, 0.25) is 0 Å². The molecule has 0 radical (unpaired) electrons. The molecule has 0 heterocycles. The molecule has 0 aromatic carbocycles. The number of rotatable bonds is 5. The third kappa shape index (κ3) is 2.44. The summed E-state index contributed by atoms with van der Waals surface area (Å²) in [4.78, 5) is 22.4. The van der Waals surface area contributed by atoms with Gasteiger partial charge in [0.25, 0.3) is 0 Å². The lowest BCUT2D eigenvalue weighted by Crippen LogP contribution is -2.30. The molecule has 0 aliphatic heterocycles. The van der Waals surface area contributed by atoms with Crippen LogP contribution < -0.4 is 0 Å². The normalized spacial score (nSPS) is 28.4. The highest BCUT2D eigenvalue weighted by molar-refractivity contribution is 5.92. The van der Waals surface area contributed by atoms with Gasteiger partial charge in [-0.25, -0.2) is 0 Å². The lowest BCUT2D eigenvalue weighted by molar-refractivity contribution is -0.138. The van der Waals surface area contributed by atoms with Gasteiger partial charge in [0.2, 0.25) is 0 Å². The quantitative estimate of drug-likeness (QED) is 0.585. The number of carboxylic acids is 1. The Labute approximate surface area is 101 Å². The number of ketones is 1. The summed E-state index contributed by atoms with van der Waals surface area (Å²) in [5.41, 5.74) is -0.614. The molecule has 3 heteroatoms. The highest BCUT2D eigenvalue weighted by atomic mass is 16.4. The van der Waals surface area contributed by atoms with E-state index in [1.165, 1.54) is 6.08 Å². The van der Waals surface area contributed by atoms with Crippen molar-refractivity contribution in [2.75, 3.05) is 0 Å². The molecule has 1 N–H and O–H groups in total. The number of carboxylic acid groups (broad SMARTS) is 1. The standard InChI is InChI=1S/C14H16O3/c1-4-12(15)10(3)14(5-2)8-6-11(7-9-14)13(16)17/h4-11H,1-2H2,3H3,(H,16,17). The third-order valence-corrected chi connectivity index (χ3v) is 3.20. The fraction of sp³-hybridized carbons (Fsp3) is 0.286. The number of hydrogen-bond acceptors (Lipinski definition) is 2. The van der Waals surface area contributed by atoms with Gasteiger partial charge in [0.1, 0.15) is 0 Å². The molecular formula is C14H16O3. The second-order valence-corrected chi connectivity index (χ2v) is 4.11. The summed E-state index contributed by atoms with van der Waals surface area (Å²) >= 11 is 0. The van der Waals surface area contributed by atoms with Crippen molar-refractivity contribution in [3.63, 3.8) is 0 Å². The van der Waals surface area contributed by atoms with E-state index in [0.717, 1.165) is 0 Å². The van der Waals surface area contributed by atoms with Crippen molar-refractivity contribution in [2.24, 2.45) is 17.3 Å². The van der Waals surface area contributed by atoms with Crippen LogP contribution in [0.25, 0.3) is 0 Å². The Morgan fingerprint density at radius 1 is 1.35 bits per heavy atom. The van der Waals surface area contributed by atoms with Crippen molar-refractivity contribution in [1.82, 2.24) is 0 Å². The van der Waals surface area contributed by atoms with E-state index in [9.17, 15) is 9.59 Å². The van der Waals surface area contributed by atoms with Crippen LogP contribution in [0, 0.1) is 17.3 Å². The molecule has 1 aliphatic carbocycles. The van der Waals surface area contributed by atoms with Crippen LogP contribution >= 0.6 is 0 Å². The fourth-order valence-corrected chi connectivity index (χ4v) is 1.85. The molecule has 0 saturated heterocycles. The second kappa shape index (κ2) is 4.95. The predicted octanol–water partition coefficient (Wildman–Crippen LogP) is 2.38. The maximum absolute atomic E-state index is 11.6. The van der Waals surface area contributed by atoms with E-state index in [1.54, 1.807) is 37.3 Å². The largest absolute Gasteiger partial charge is 0.481 e. The molecule has 1 atom stereocenters. The smallest absolute Gasteiger partial charge is 0.314 e. The summed E-state index contributed by atoms with van der Waals surface area (Å²) in [6, 6.07) is 0. The maximum Gasteiger partial charge on any atom is 0.314 e. The van der Waals surface area contributed by atoms with E-state index in [4.69, 9.17) is 5.11 Å². The van der Waals surface area contributed by atoms with Crippen molar-refractivity contribution in [3.8, 4) is 0 Å². The minimum absolute atomic E-state index is 0.0898. The Morgan fingerprint density at radius 3 is 2.24 bits per heavy atom. The summed E-state index contributed by atoms with van der Waals surface area (Å²) in [6.07, 6.45) is 9.55. The topological polar surface area (TPSA) is 54.4 Å². The van der Waals surface area contributed by atoms with Crippen molar-refractivity contribution in [3.05, 3.63) is 49.6 Å². The van der Waals surface area contributed by atoms with Crippen LogP contribution in [-0.4, -0.2) is 16.9 Å². The van der Waals surface area contributed by atoms with Crippen molar-refractivity contribution >= 4 is 11.8 Å². The molecule has 0 fully saturated rings. The highest BCUT2D eigenvalue weighted by Crippen LogP contribution is 2.37. The van der Waals surface area contributed by atoms with Gasteiger partial charge in [0, 0.05) is 11.3 Å². The van der Waals surface area contributed by atoms with Gasteiger partial charge in [-0.1, -0.05) is 43.9 Å². The Kier molecular flexibility index (Phi) is 3.84. The molecule has 0 spiro atoms. The average molecular weight is 232 g/mol. The Bertz CT molecular complexity index is 401. The monoisotopic (exact) mass is 232 g/mol. The zero-order chi connectivity index (χ0) is 13.1. The Hall–Kier alpha value is -1.90. The number of aliphatic carboxylic acids is 1. The molecular weight excluding hydrogens is 216 g/mol. The van der Waals surface area contributed by atoms with Gasteiger partial charge in [-0.15, -0.1) is 6.58 Å². The first-order valence-corrected chi connectivity index (χ1v) is 5.38. The minimum Gasteiger partial charge on any atom is -0.481 e. The average Bonchev–Trinajstić information content (AvgIpc) is 2.36. The van der Waals surface area contributed by atoms with E-state index < -0.39 is 17.3 Å². The first kappa shape index (κ1) is 13.2. The molecule has 0 amide bonds. The Morgan fingerprint density at radius 2 is 1.88 bits per heavy atom. The van der Waals surface area contributed by atoms with Gasteiger partial charge >= 0.3 is 5.97 Å².